The van der Waals surface area contributed by atoms with Crippen LogP contribution >= 0.6 is 0 Å². The fourth-order valence-electron chi connectivity index (χ4n) is 1.85. The highest BCUT2D eigenvalue weighted by Crippen LogP contribution is 2.15. The van der Waals surface area contributed by atoms with E-state index in [0.29, 0.717) is 5.92 Å². The van der Waals surface area contributed by atoms with E-state index in [2.05, 4.69) is 5.32 Å². The first-order chi connectivity index (χ1) is 7.09. The van der Waals surface area contributed by atoms with Gasteiger partial charge in [0.15, 0.2) is 0 Å². The highest BCUT2D eigenvalue weighted by Gasteiger charge is 2.20. The Bertz CT molecular complexity index is 232. The Kier molecular flexibility index (Phi) is 4.55. The summed E-state index contributed by atoms with van der Waals surface area (Å²) in [6.07, 6.45) is 2.01. The Morgan fingerprint density at radius 3 is 2.47 bits per heavy atom. The lowest BCUT2D eigenvalue weighted by molar-refractivity contribution is -0.130. The fraction of sp³-hybridized carbons (Fsp3) is 0.800. The average Bonchev–Trinajstić information content (AvgIpc) is 2.18. The Morgan fingerprint density at radius 2 is 2.00 bits per heavy atom. The van der Waals surface area contributed by atoms with E-state index in [1.165, 1.54) is 0 Å². The Labute approximate surface area is 90.0 Å². The molecule has 0 aromatic rings. The first-order valence-electron chi connectivity index (χ1n) is 5.34. The highest BCUT2D eigenvalue weighted by molar-refractivity contribution is 5.75. The summed E-state index contributed by atoms with van der Waals surface area (Å²) < 4.78 is 0. The van der Waals surface area contributed by atoms with Crippen LogP contribution in [0.2, 0.25) is 0 Å². The number of carbonyl (C=O) groups is 2. The molecule has 1 fully saturated rings. The number of primary amides is 1. The summed E-state index contributed by atoms with van der Waals surface area (Å²) in [5.41, 5.74) is 5.02. The van der Waals surface area contributed by atoms with Gasteiger partial charge in [0, 0.05) is 20.0 Å². The normalized spacial score (nSPS) is 17.8. The van der Waals surface area contributed by atoms with Gasteiger partial charge in [-0.25, -0.2) is 0 Å². The first kappa shape index (κ1) is 12.0. The van der Waals surface area contributed by atoms with Gasteiger partial charge in [0.2, 0.25) is 11.8 Å². The van der Waals surface area contributed by atoms with Gasteiger partial charge in [0.05, 0.1) is 6.54 Å². The molecule has 86 valence electrons. The van der Waals surface area contributed by atoms with Crippen molar-refractivity contribution in [2.24, 2.45) is 11.7 Å². The molecule has 0 aromatic carbocycles. The third-order valence-corrected chi connectivity index (χ3v) is 2.79. The number of nitrogens with zero attached hydrogens (tertiary/aromatic N) is 1. The molecule has 0 atom stereocenters. The van der Waals surface area contributed by atoms with Crippen molar-refractivity contribution >= 4 is 11.8 Å². The van der Waals surface area contributed by atoms with E-state index in [1.807, 2.05) is 4.90 Å². The smallest absolute Gasteiger partial charge is 0.231 e. The molecule has 5 heteroatoms. The lowest BCUT2D eigenvalue weighted by Gasteiger charge is -2.31. The van der Waals surface area contributed by atoms with Crippen molar-refractivity contribution in [1.82, 2.24) is 10.2 Å². The maximum absolute atomic E-state index is 11.1. The molecule has 2 amide bonds. The molecule has 1 heterocycles. The maximum atomic E-state index is 11.1. The van der Waals surface area contributed by atoms with Crippen molar-refractivity contribution in [2.75, 3.05) is 26.2 Å². The van der Waals surface area contributed by atoms with E-state index in [0.717, 1.165) is 32.5 Å². The highest BCUT2D eigenvalue weighted by atomic mass is 16.2. The van der Waals surface area contributed by atoms with Crippen LogP contribution in [0.4, 0.5) is 0 Å². The number of likely N-dealkylation sites (tertiary alicyclic amines) is 1. The van der Waals surface area contributed by atoms with Crippen LogP contribution in [0.5, 0.6) is 0 Å². The summed E-state index contributed by atoms with van der Waals surface area (Å²) in [7, 11) is 0. The van der Waals surface area contributed by atoms with Crippen LogP contribution in [-0.2, 0) is 9.59 Å². The zero-order chi connectivity index (χ0) is 11.3. The molecule has 0 spiro atoms. The van der Waals surface area contributed by atoms with Crippen molar-refractivity contribution < 1.29 is 9.59 Å². The van der Waals surface area contributed by atoms with Crippen LogP contribution in [0.15, 0.2) is 0 Å². The molecule has 0 aliphatic carbocycles. The van der Waals surface area contributed by atoms with Crippen LogP contribution in [0, 0.1) is 5.92 Å². The second kappa shape index (κ2) is 5.70. The zero-order valence-electron chi connectivity index (χ0n) is 9.16. The van der Waals surface area contributed by atoms with E-state index < -0.39 is 0 Å². The molecule has 15 heavy (non-hydrogen) atoms. The van der Waals surface area contributed by atoms with Crippen LogP contribution in [0.25, 0.3) is 0 Å². The van der Waals surface area contributed by atoms with Crippen LogP contribution in [0.3, 0.4) is 0 Å². The van der Waals surface area contributed by atoms with Crippen molar-refractivity contribution in [1.29, 1.82) is 0 Å². The van der Waals surface area contributed by atoms with E-state index in [1.54, 1.807) is 6.92 Å². The standard InChI is InChI=1S/C10H19N3O2/c1-8(14)13-4-2-9(3-5-13)6-12-7-10(11)15/h9,12H,2-7H2,1H3,(H2,11,15). The van der Waals surface area contributed by atoms with Gasteiger partial charge in [0.1, 0.15) is 0 Å². The minimum Gasteiger partial charge on any atom is -0.369 e. The third-order valence-electron chi connectivity index (χ3n) is 2.79. The van der Waals surface area contributed by atoms with Gasteiger partial charge >= 0.3 is 0 Å². The number of rotatable bonds is 4. The fourth-order valence-corrected chi connectivity index (χ4v) is 1.85. The van der Waals surface area contributed by atoms with Gasteiger partial charge in [-0.1, -0.05) is 0 Å². The van der Waals surface area contributed by atoms with Gasteiger partial charge in [-0.3, -0.25) is 9.59 Å². The summed E-state index contributed by atoms with van der Waals surface area (Å²) in [6, 6.07) is 0. The molecule has 5 nitrogen and oxygen atoms in total. The van der Waals surface area contributed by atoms with E-state index in [9.17, 15) is 9.59 Å². The molecule has 1 aliphatic heterocycles. The molecule has 3 N–H and O–H groups in total. The molecule has 0 aromatic heterocycles. The van der Waals surface area contributed by atoms with Gasteiger partial charge < -0.3 is 16.0 Å². The number of nitrogens with one attached hydrogen (secondary N) is 1. The maximum Gasteiger partial charge on any atom is 0.231 e. The Balaban J connectivity index is 2.14. The predicted octanol–water partition coefficient (Wildman–Crippen LogP) is -0.680. The quantitative estimate of drug-likeness (QED) is 0.649. The summed E-state index contributed by atoms with van der Waals surface area (Å²) in [4.78, 5) is 23.4. The first-order valence-corrected chi connectivity index (χ1v) is 5.34. The minimum absolute atomic E-state index is 0.151. The summed E-state index contributed by atoms with van der Waals surface area (Å²) in [5.74, 6) is 0.384. The van der Waals surface area contributed by atoms with Gasteiger partial charge in [0.25, 0.3) is 0 Å². The largest absolute Gasteiger partial charge is 0.369 e. The predicted molar refractivity (Wildman–Crippen MR) is 57.0 cm³/mol. The number of piperidine rings is 1. The Morgan fingerprint density at radius 1 is 1.40 bits per heavy atom. The number of carbonyl (C=O) groups excluding carboxylic acids is 2. The zero-order valence-corrected chi connectivity index (χ0v) is 9.16. The minimum atomic E-state index is -0.323. The molecule has 0 saturated carbocycles. The Hall–Kier alpha value is -1.10. The summed E-state index contributed by atoms with van der Waals surface area (Å²) in [6.45, 7) is 4.32. The monoisotopic (exact) mass is 213 g/mol. The second-order valence-corrected chi connectivity index (χ2v) is 4.05. The van der Waals surface area contributed by atoms with Crippen molar-refractivity contribution in [3.63, 3.8) is 0 Å². The van der Waals surface area contributed by atoms with Crippen molar-refractivity contribution in [2.45, 2.75) is 19.8 Å². The molecule has 1 saturated heterocycles. The van der Waals surface area contributed by atoms with Crippen LogP contribution in [-0.4, -0.2) is 42.9 Å². The molecular formula is C10H19N3O2. The molecule has 0 radical (unpaired) electrons. The third kappa shape index (κ3) is 4.29. The lowest BCUT2D eigenvalue weighted by atomic mass is 9.97. The second-order valence-electron chi connectivity index (χ2n) is 4.05. The molecule has 1 aliphatic rings. The van der Waals surface area contributed by atoms with Gasteiger partial charge in [-0.2, -0.15) is 0 Å². The van der Waals surface area contributed by atoms with Crippen LogP contribution in [0.1, 0.15) is 19.8 Å². The van der Waals surface area contributed by atoms with E-state index in [4.69, 9.17) is 5.73 Å². The van der Waals surface area contributed by atoms with Gasteiger partial charge in [-0.05, 0) is 25.3 Å². The SMILES string of the molecule is CC(=O)N1CCC(CNCC(N)=O)CC1. The van der Waals surface area contributed by atoms with Crippen LogP contribution < -0.4 is 11.1 Å². The molecule has 0 unspecified atom stereocenters. The number of amides is 2. The lowest BCUT2D eigenvalue weighted by Crippen LogP contribution is -2.40. The number of nitrogens with two attached hydrogens (primary N) is 1. The average molecular weight is 213 g/mol. The molecule has 0 bridgehead atoms. The van der Waals surface area contributed by atoms with Crippen molar-refractivity contribution in [3.05, 3.63) is 0 Å². The summed E-state index contributed by atoms with van der Waals surface area (Å²) in [5, 5.41) is 3.02. The van der Waals surface area contributed by atoms with E-state index >= 15 is 0 Å². The molecular weight excluding hydrogens is 194 g/mol. The van der Waals surface area contributed by atoms with Crippen molar-refractivity contribution in [3.8, 4) is 0 Å². The number of hydrogen-bond acceptors (Lipinski definition) is 3. The topological polar surface area (TPSA) is 75.4 Å². The van der Waals surface area contributed by atoms with Gasteiger partial charge in [-0.15, -0.1) is 0 Å². The van der Waals surface area contributed by atoms with E-state index in [-0.39, 0.29) is 18.4 Å². The molecule has 1 rings (SSSR count). The number of hydrogen-bond donors (Lipinski definition) is 2. The summed E-state index contributed by atoms with van der Waals surface area (Å²) >= 11 is 0.